The number of thiazole rings is 1. The third-order valence-corrected chi connectivity index (χ3v) is 6.38. The molecule has 0 saturated carbocycles. The summed E-state index contributed by atoms with van der Waals surface area (Å²) >= 11 is 4.83. The molecule has 3 rings (SSSR count). The summed E-state index contributed by atoms with van der Waals surface area (Å²) in [6.45, 7) is 0.812. The highest BCUT2D eigenvalue weighted by Crippen LogP contribution is 2.23. The monoisotopic (exact) mass is 404 g/mol. The fourth-order valence-corrected chi connectivity index (χ4v) is 4.58. The van der Waals surface area contributed by atoms with Gasteiger partial charge in [-0.05, 0) is 30.5 Å². The number of nitrogens with zero attached hydrogens (tertiary/aromatic N) is 2. The van der Waals surface area contributed by atoms with Crippen LogP contribution in [-0.2, 0) is 11.3 Å². The third kappa shape index (κ3) is 4.72. The van der Waals surface area contributed by atoms with Gasteiger partial charge in [0.2, 0.25) is 0 Å². The zero-order chi connectivity index (χ0) is 18.4. The topological polar surface area (TPSA) is 43.6 Å². The lowest BCUT2D eigenvalue weighted by molar-refractivity contribution is -0.115. The smallest absolute Gasteiger partial charge is 0.258 e. The van der Waals surface area contributed by atoms with E-state index >= 15 is 0 Å². The van der Waals surface area contributed by atoms with Crippen LogP contribution in [0, 0.1) is 0 Å². The quantitative estimate of drug-likeness (QED) is 0.551. The molecule has 0 atom stereocenters. The molecule has 1 heterocycles. The summed E-state index contributed by atoms with van der Waals surface area (Å²) in [7, 11) is 1.66. The molecule has 0 aliphatic heterocycles. The van der Waals surface area contributed by atoms with E-state index in [4.69, 9.17) is 4.74 Å². The molecule has 0 spiro atoms. The number of methoxy groups -OCH3 is 1. The highest BCUT2D eigenvalue weighted by molar-refractivity contribution is 8.00. The van der Waals surface area contributed by atoms with Gasteiger partial charge in [-0.3, -0.25) is 4.79 Å². The van der Waals surface area contributed by atoms with Gasteiger partial charge in [-0.15, -0.1) is 11.8 Å². The summed E-state index contributed by atoms with van der Waals surface area (Å²) in [6.07, 6.45) is 2.08. The van der Waals surface area contributed by atoms with E-state index in [1.807, 2.05) is 48.5 Å². The van der Waals surface area contributed by atoms with E-state index in [9.17, 15) is 4.79 Å². The molecule has 0 aliphatic carbocycles. The number of ether oxygens (including phenoxy) is 1. The Morgan fingerprint density at radius 1 is 1.23 bits per heavy atom. The minimum atomic E-state index is -0.115. The van der Waals surface area contributed by atoms with E-state index in [1.165, 1.54) is 11.8 Å². The van der Waals surface area contributed by atoms with Crippen molar-refractivity contribution in [1.29, 1.82) is 0 Å². The van der Waals surface area contributed by atoms with Gasteiger partial charge in [0.1, 0.15) is 5.75 Å². The first kappa shape index (κ1) is 19.1. The van der Waals surface area contributed by atoms with Gasteiger partial charge in [0.25, 0.3) is 5.91 Å². The van der Waals surface area contributed by atoms with Crippen LogP contribution in [0.2, 0.25) is 0 Å². The molecule has 3 aromatic rings. The molecule has 26 heavy (non-hydrogen) atoms. The zero-order valence-corrected chi connectivity index (χ0v) is 17.1. The number of amides is 1. The maximum atomic E-state index is 12.4. The van der Waals surface area contributed by atoms with Crippen molar-refractivity contribution in [2.45, 2.75) is 11.4 Å². The Morgan fingerprint density at radius 2 is 2.04 bits per heavy atom. The Balaban J connectivity index is 1.89. The average Bonchev–Trinajstić information content (AvgIpc) is 3.01. The molecule has 0 radical (unpaired) electrons. The van der Waals surface area contributed by atoms with Crippen LogP contribution >= 0.6 is 34.9 Å². The largest absolute Gasteiger partial charge is 0.497 e. The number of aryl methyl sites for hydroxylation is 1. The van der Waals surface area contributed by atoms with Crippen LogP contribution in [0.5, 0.6) is 5.75 Å². The SMILES string of the molecule is COc1ccc2sc(=NC(=O)CSc3ccccc3)n(CCSC)c2c1. The number of benzene rings is 2. The van der Waals surface area contributed by atoms with Crippen molar-refractivity contribution >= 4 is 51.0 Å². The molecule has 1 aromatic heterocycles. The number of carbonyl (C=O) groups excluding carboxylic acids is 1. The number of carbonyl (C=O) groups is 1. The summed E-state index contributed by atoms with van der Waals surface area (Å²) in [5, 5.41) is 0. The number of thioether (sulfide) groups is 2. The van der Waals surface area contributed by atoms with E-state index in [1.54, 1.807) is 30.2 Å². The molecule has 136 valence electrons. The van der Waals surface area contributed by atoms with Crippen LogP contribution in [0.4, 0.5) is 0 Å². The molecule has 0 bridgehead atoms. The minimum absolute atomic E-state index is 0.115. The fourth-order valence-electron chi connectivity index (χ4n) is 2.46. The number of hydrogen-bond acceptors (Lipinski definition) is 5. The first-order valence-electron chi connectivity index (χ1n) is 8.13. The fraction of sp³-hybridized carbons (Fsp3) is 0.263. The second kappa shape index (κ2) is 9.30. The standard InChI is InChI=1S/C19H20N2O2S3/c1-23-14-8-9-17-16(12-14)21(10-11-24-2)19(26-17)20-18(22)13-25-15-6-4-3-5-7-15/h3-9,12H,10-11,13H2,1-2H3. The third-order valence-electron chi connectivity index (χ3n) is 3.73. The highest BCUT2D eigenvalue weighted by atomic mass is 32.2. The Kier molecular flexibility index (Phi) is 6.82. The second-order valence-corrected chi connectivity index (χ2v) is 8.51. The van der Waals surface area contributed by atoms with Gasteiger partial charge in [0.05, 0.1) is 23.1 Å². The van der Waals surface area contributed by atoms with Crippen molar-refractivity contribution in [3.63, 3.8) is 0 Å². The lowest BCUT2D eigenvalue weighted by Crippen LogP contribution is -2.18. The lowest BCUT2D eigenvalue weighted by Gasteiger charge is -2.05. The maximum absolute atomic E-state index is 12.4. The Morgan fingerprint density at radius 3 is 2.77 bits per heavy atom. The normalized spacial score (nSPS) is 11.8. The number of aromatic nitrogens is 1. The van der Waals surface area contributed by atoms with Gasteiger partial charge < -0.3 is 9.30 Å². The Hall–Kier alpha value is -1.70. The first-order chi connectivity index (χ1) is 12.7. The number of rotatable bonds is 7. The van der Waals surface area contributed by atoms with Crippen molar-refractivity contribution in [2.75, 3.05) is 24.9 Å². The van der Waals surface area contributed by atoms with E-state index in [0.29, 0.717) is 5.75 Å². The van der Waals surface area contributed by atoms with Gasteiger partial charge in [-0.2, -0.15) is 16.8 Å². The minimum Gasteiger partial charge on any atom is -0.497 e. The van der Waals surface area contributed by atoms with Crippen molar-refractivity contribution in [3.05, 3.63) is 53.3 Å². The first-order valence-corrected chi connectivity index (χ1v) is 11.3. The van der Waals surface area contributed by atoms with Crippen molar-refractivity contribution in [1.82, 2.24) is 4.57 Å². The molecule has 0 fully saturated rings. The molecule has 1 amide bonds. The van der Waals surface area contributed by atoms with Gasteiger partial charge in [-0.25, -0.2) is 0 Å². The summed E-state index contributed by atoms with van der Waals surface area (Å²) in [5.41, 5.74) is 1.06. The van der Waals surface area contributed by atoms with Gasteiger partial charge in [0.15, 0.2) is 4.80 Å². The van der Waals surface area contributed by atoms with Crippen LogP contribution in [-0.4, -0.2) is 35.3 Å². The van der Waals surface area contributed by atoms with Crippen LogP contribution in [0.1, 0.15) is 0 Å². The van der Waals surface area contributed by atoms with E-state index in [0.717, 1.165) is 38.0 Å². The van der Waals surface area contributed by atoms with E-state index < -0.39 is 0 Å². The predicted octanol–water partition coefficient (Wildman–Crippen LogP) is 4.29. The Bertz CT molecular complexity index is 948. The maximum Gasteiger partial charge on any atom is 0.258 e. The van der Waals surface area contributed by atoms with Crippen LogP contribution in [0.3, 0.4) is 0 Å². The van der Waals surface area contributed by atoms with Crippen molar-refractivity contribution < 1.29 is 9.53 Å². The van der Waals surface area contributed by atoms with E-state index in [-0.39, 0.29) is 5.91 Å². The average molecular weight is 405 g/mol. The predicted molar refractivity (Wildman–Crippen MR) is 112 cm³/mol. The molecule has 0 saturated heterocycles. The van der Waals surface area contributed by atoms with Gasteiger partial charge in [-0.1, -0.05) is 29.5 Å². The molecular formula is C19H20N2O2S3. The second-order valence-electron chi connectivity index (χ2n) is 5.47. The number of hydrogen-bond donors (Lipinski definition) is 0. The molecule has 0 N–H and O–H groups in total. The summed E-state index contributed by atoms with van der Waals surface area (Å²) in [6, 6.07) is 15.9. The zero-order valence-electron chi connectivity index (χ0n) is 14.7. The van der Waals surface area contributed by atoms with Crippen LogP contribution in [0.25, 0.3) is 10.2 Å². The summed E-state index contributed by atoms with van der Waals surface area (Å²) in [5.74, 6) is 1.99. The highest BCUT2D eigenvalue weighted by Gasteiger charge is 2.09. The van der Waals surface area contributed by atoms with Crippen LogP contribution in [0.15, 0.2) is 58.4 Å². The van der Waals surface area contributed by atoms with Crippen molar-refractivity contribution in [3.8, 4) is 5.75 Å². The van der Waals surface area contributed by atoms with Crippen LogP contribution < -0.4 is 9.54 Å². The van der Waals surface area contributed by atoms with Gasteiger partial charge in [0, 0.05) is 23.3 Å². The molecule has 0 aliphatic rings. The molecule has 4 nitrogen and oxygen atoms in total. The number of fused-ring (bicyclic) bond motifs is 1. The molecule has 2 aromatic carbocycles. The summed E-state index contributed by atoms with van der Waals surface area (Å²) < 4.78 is 8.57. The van der Waals surface area contributed by atoms with Crippen molar-refractivity contribution in [2.24, 2.45) is 4.99 Å². The Labute approximate surface area is 165 Å². The van der Waals surface area contributed by atoms with E-state index in [2.05, 4.69) is 15.8 Å². The molecular weight excluding hydrogens is 384 g/mol. The molecule has 7 heteroatoms. The van der Waals surface area contributed by atoms with Gasteiger partial charge >= 0.3 is 0 Å². The summed E-state index contributed by atoms with van der Waals surface area (Å²) in [4.78, 5) is 18.6. The lowest BCUT2D eigenvalue weighted by atomic mass is 10.3. The molecule has 0 unspecified atom stereocenters.